The lowest BCUT2D eigenvalue weighted by Gasteiger charge is -2.15. The number of anilines is 1. The molecule has 1 aromatic heterocycles. The Balaban J connectivity index is 2.47. The van der Waals surface area contributed by atoms with Gasteiger partial charge in [-0.25, -0.2) is 4.98 Å². The fourth-order valence-electron chi connectivity index (χ4n) is 0.889. The number of aliphatic hydroxyl groups is 1. The van der Waals surface area contributed by atoms with Gasteiger partial charge in [-0.2, -0.15) is 13.2 Å². The van der Waals surface area contributed by atoms with E-state index in [1.54, 1.807) is 12.1 Å². The molecule has 0 aliphatic heterocycles. The van der Waals surface area contributed by atoms with Crippen LogP contribution in [0.4, 0.5) is 19.0 Å². The van der Waals surface area contributed by atoms with Crippen molar-refractivity contribution in [3.63, 3.8) is 0 Å². The van der Waals surface area contributed by atoms with Crippen molar-refractivity contribution in [1.82, 2.24) is 4.98 Å². The van der Waals surface area contributed by atoms with Crippen LogP contribution in [-0.2, 0) is 0 Å². The molecule has 3 nitrogen and oxygen atoms in total. The average molecular weight is 220 g/mol. The number of pyridine rings is 1. The number of alkyl halides is 3. The molecule has 0 spiro atoms. The number of aromatic nitrogens is 1. The molecule has 0 saturated carbocycles. The fraction of sp³-hybridized carbons (Fsp3) is 0.444. The van der Waals surface area contributed by atoms with Gasteiger partial charge >= 0.3 is 6.18 Å². The van der Waals surface area contributed by atoms with E-state index >= 15 is 0 Å². The predicted octanol–water partition coefficient (Wildman–Crippen LogP) is 1.73. The molecular weight excluding hydrogens is 209 g/mol. The molecule has 0 aliphatic carbocycles. The summed E-state index contributed by atoms with van der Waals surface area (Å²) in [5.74, 6) is 0.309. The number of hydrogen-bond acceptors (Lipinski definition) is 3. The summed E-state index contributed by atoms with van der Waals surface area (Å²) in [7, 11) is 0. The minimum atomic E-state index is -4.60. The molecule has 0 aliphatic rings. The monoisotopic (exact) mass is 220 g/mol. The van der Waals surface area contributed by atoms with E-state index in [4.69, 9.17) is 5.11 Å². The van der Waals surface area contributed by atoms with Gasteiger partial charge in [0, 0.05) is 6.20 Å². The summed E-state index contributed by atoms with van der Waals surface area (Å²) in [5.41, 5.74) is 0.914. The first-order valence-electron chi connectivity index (χ1n) is 4.31. The third-order valence-electron chi connectivity index (χ3n) is 1.77. The van der Waals surface area contributed by atoms with Crippen molar-refractivity contribution < 1.29 is 18.3 Å². The zero-order valence-electron chi connectivity index (χ0n) is 8.04. The van der Waals surface area contributed by atoms with Crippen LogP contribution in [0.1, 0.15) is 5.56 Å². The Morgan fingerprint density at radius 1 is 1.47 bits per heavy atom. The molecule has 1 heterocycles. The summed E-state index contributed by atoms with van der Waals surface area (Å²) in [6.45, 7) is 1.22. The summed E-state index contributed by atoms with van der Waals surface area (Å²) in [4.78, 5) is 3.84. The molecule has 0 bridgehead atoms. The van der Waals surface area contributed by atoms with Crippen LogP contribution in [0.25, 0.3) is 0 Å². The molecule has 0 aromatic carbocycles. The van der Waals surface area contributed by atoms with E-state index in [1.165, 1.54) is 6.20 Å². The maximum atomic E-state index is 11.9. The highest BCUT2D eigenvalue weighted by Gasteiger charge is 2.37. The normalized spacial score (nSPS) is 13.7. The Kier molecular flexibility index (Phi) is 3.52. The van der Waals surface area contributed by atoms with E-state index in [0.717, 1.165) is 5.56 Å². The summed E-state index contributed by atoms with van der Waals surface area (Å²) in [5, 5.41) is 11.1. The van der Waals surface area contributed by atoms with E-state index in [9.17, 15) is 13.2 Å². The van der Waals surface area contributed by atoms with Crippen molar-refractivity contribution in [1.29, 1.82) is 0 Å². The van der Waals surface area contributed by atoms with Crippen molar-refractivity contribution in [3.8, 4) is 0 Å². The lowest BCUT2D eigenvalue weighted by molar-refractivity contribution is -0.198. The maximum Gasteiger partial charge on any atom is 0.416 e. The van der Waals surface area contributed by atoms with E-state index < -0.39 is 18.8 Å². The van der Waals surface area contributed by atoms with Crippen LogP contribution in [0.2, 0.25) is 0 Å². The van der Waals surface area contributed by atoms with Crippen LogP contribution >= 0.6 is 0 Å². The fourth-order valence-corrected chi connectivity index (χ4v) is 0.889. The van der Waals surface area contributed by atoms with Crippen LogP contribution in [0, 0.1) is 6.92 Å². The summed E-state index contributed by atoms with van der Waals surface area (Å²) >= 11 is 0. The smallest absolute Gasteiger partial charge is 0.382 e. The molecule has 84 valence electrons. The Labute approximate surface area is 85.0 Å². The molecule has 1 unspecified atom stereocenters. The molecule has 1 atom stereocenters. The molecule has 0 amide bonds. The Morgan fingerprint density at radius 2 is 2.13 bits per heavy atom. The van der Waals surface area contributed by atoms with Gasteiger partial charge in [-0.3, -0.25) is 0 Å². The van der Waals surface area contributed by atoms with Gasteiger partial charge in [-0.15, -0.1) is 0 Å². The number of halogens is 3. The number of hydrogen-bond donors (Lipinski definition) is 2. The van der Waals surface area contributed by atoms with Gasteiger partial charge in [0.15, 0.2) is 6.10 Å². The Hall–Kier alpha value is -1.30. The number of aryl methyl sites for hydroxylation is 1. The van der Waals surface area contributed by atoms with Crippen molar-refractivity contribution in [2.45, 2.75) is 19.2 Å². The Bertz CT molecular complexity index is 310. The van der Waals surface area contributed by atoms with Gasteiger partial charge in [0.2, 0.25) is 0 Å². The van der Waals surface area contributed by atoms with E-state index in [0.29, 0.717) is 5.82 Å². The molecule has 1 rings (SSSR count). The first kappa shape index (κ1) is 11.8. The molecule has 0 radical (unpaired) electrons. The second kappa shape index (κ2) is 4.48. The first-order chi connectivity index (χ1) is 6.89. The Morgan fingerprint density at radius 3 is 2.60 bits per heavy atom. The molecular formula is C9H11F3N2O. The van der Waals surface area contributed by atoms with Crippen LogP contribution in [0.3, 0.4) is 0 Å². The molecule has 0 saturated heterocycles. The topological polar surface area (TPSA) is 45.1 Å². The van der Waals surface area contributed by atoms with E-state index in [2.05, 4.69) is 10.3 Å². The van der Waals surface area contributed by atoms with Gasteiger partial charge in [-0.05, 0) is 18.6 Å². The van der Waals surface area contributed by atoms with Crippen molar-refractivity contribution in [2.75, 3.05) is 11.9 Å². The highest BCUT2D eigenvalue weighted by Crippen LogP contribution is 2.20. The molecule has 6 heteroatoms. The van der Waals surface area contributed by atoms with Crippen LogP contribution < -0.4 is 5.32 Å². The minimum Gasteiger partial charge on any atom is -0.382 e. The SMILES string of the molecule is Cc1ccc(NCC(O)C(F)(F)F)nc1. The van der Waals surface area contributed by atoms with E-state index in [1.807, 2.05) is 6.92 Å². The van der Waals surface area contributed by atoms with E-state index in [-0.39, 0.29) is 0 Å². The largest absolute Gasteiger partial charge is 0.416 e. The van der Waals surface area contributed by atoms with Crippen LogP contribution in [0.15, 0.2) is 18.3 Å². The second-order valence-electron chi connectivity index (χ2n) is 3.16. The molecule has 2 N–H and O–H groups in total. The van der Waals surface area contributed by atoms with Crippen LogP contribution in [-0.4, -0.2) is 28.9 Å². The number of nitrogens with one attached hydrogen (secondary N) is 1. The second-order valence-corrected chi connectivity index (χ2v) is 3.16. The standard InChI is InChI=1S/C9H11F3N2O/c1-6-2-3-8(13-4-6)14-5-7(15)9(10,11)12/h2-4,7,15H,5H2,1H3,(H,13,14). The first-order valence-corrected chi connectivity index (χ1v) is 4.31. The van der Waals surface area contributed by atoms with Gasteiger partial charge < -0.3 is 10.4 Å². The molecule has 0 fully saturated rings. The zero-order chi connectivity index (χ0) is 11.5. The lowest BCUT2D eigenvalue weighted by atomic mass is 10.3. The van der Waals surface area contributed by atoms with Gasteiger partial charge in [0.1, 0.15) is 5.82 Å². The lowest BCUT2D eigenvalue weighted by Crippen LogP contribution is -2.35. The average Bonchev–Trinajstić information content (AvgIpc) is 2.15. The summed E-state index contributed by atoms with van der Waals surface area (Å²) < 4.78 is 35.7. The van der Waals surface area contributed by atoms with Crippen molar-refractivity contribution in [2.24, 2.45) is 0 Å². The number of nitrogens with zero attached hydrogens (tertiary/aromatic N) is 1. The number of rotatable bonds is 3. The zero-order valence-corrected chi connectivity index (χ0v) is 8.04. The highest BCUT2D eigenvalue weighted by molar-refractivity contribution is 5.35. The summed E-state index contributed by atoms with van der Waals surface area (Å²) in [6.07, 6.45) is -5.44. The molecule has 1 aromatic rings. The third kappa shape index (κ3) is 3.75. The van der Waals surface area contributed by atoms with Crippen molar-refractivity contribution >= 4 is 5.82 Å². The van der Waals surface area contributed by atoms with Gasteiger partial charge in [0.05, 0.1) is 6.54 Å². The number of aliphatic hydroxyl groups excluding tert-OH is 1. The third-order valence-corrected chi connectivity index (χ3v) is 1.77. The minimum absolute atomic E-state index is 0.309. The molecule has 15 heavy (non-hydrogen) atoms. The summed E-state index contributed by atoms with van der Waals surface area (Å²) in [6, 6.07) is 3.27. The van der Waals surface area contributed by atoms with Gasteiger partial charge in [-0.1, -0.05) is 6.07 Å². The predicted molar refractivity (Wildman–Crippen MR) is 49.5 cm³/mol. The maximum absolute atomic E-state index is 11.9. The highest BCUT2D eigenvalue weighted by atomic mass is 19.4. The van der Waals surface area contributed by atoms with Crippen LogP contribution in [0.5, 0.6) is 0 Å². The quantitative estimate of drug-likeness (QED) is 0.815. The van der Waals surface area contributed by atoms with Crippen molar-refractivity contribution in [3.05, 3.63) is 23.9 Å². The van der Waals surface area contributed by atoms with Gasteiger partial charge in [0.25, 0.3) is 0 Å².